The molecule has 1 fully saturated rings. The second-order valence-corrected chi connectivity index (χ2v) is 7.63. The molecule has 2 aromatic rings. The van der Waals surface area contributed by atoms with Crippen LogP contribution in [0.3, 0.4) is 0 Å². The fourth-order valence-corrected chi connectivity index (χ4v) is 3.58. The largest absolute Gasteiger partial charge is 0.497 e. The lowest BCUT2D eigenvalue weighted by molar-refractivity contribution is -0.134. The number of urea groups is 1. The van der Waals surface area contributed by atoms with Crippen LogP contribution in [-0.4, -0.2) is 61.3 Å². The Morgan fingerprint density at radius 3 is 2.22 bits per heavy atom. The highest BCUT2D eigenvalue weighted by Gasteiger charge is 2.51. The van der Waals surface area contributed by atoms with Crippen LogP contribution >= 0.6 is 0 Å². The smallest absolute Gasteiger partial charge is 0.325 e. The van der Waals surface area contributed by atoms with E-state index in [2.05, 4.69) is 10.6 Å². The van der Waals surface area contributed by atoms with Gasteiger partial charge < -0.3 is 20.3 Å². The third-order valence-electron chi connectivity index (χ3n) is 5.41. The summed E-state index contributed by atoms with van der Waals surface area (Å²) in [6, 6.07) is 12.6. The van der Waals surface area contributed by atoms with E-state index in [1.165, 1.54) is 4.90 Å². The second kappa shape index (κ2) is 9.09. The van der Waals surface area contributed by atoms with Crippen LogP contribution in [0.15, 0.2) is 48.5 Å². The molecule has 3 rings (SSSR count). The van der Waals surface area contributed by atoms with Crippen LogP contribution in [0.2, 0.25) is 0 Å². The average Bonchev–Trinajstić information content (AvgIpc) is 3.04. The van der Waals surface area contributed by atoms with Crippen LogP contribution < -0.4 is 15.4 Å². The number of hydrogen-bond acceptors (Lipinski definition) is 5. The molecule has 0 saturated carbocycles. The third kappa shape index (κ3) is 4.27. The molecule has 0 unspecified atom stereocenters. The number of imide groups is 1. The SMILES string of the molecule is CC[C@@]1(c2ccc(OC)cc2)NC(=O)N(CC(=O)Nc2ccc(C(=O)N(C)C)cc2)C1=O. The topological polar surface area (TPSA) is 108 Å². The summed E-state index contributed by atoms with van der Waals surface area (Å²) < 4.78 is 5.15. The molecule has 1 aliphatic heterocycles. The second-order valence-electron chi connectivity index (χ2n) is 7.63. The zero-order valence-electron chi connectivity index (χ0n) is 18.5. The summed E-state index contributed by atoms with van der Waals surface area (Å²) in [6.45, 7) is 1.36. The van der Waals surface area contributed by atoms with E-state index < -0.39 is 29.9 Å². The molecule has 2 N–H and O–H groups in total. The van der Waals surface area contributed by atoms with Gasteiger partial charge in [-0.1, -0.05) is 19.1 Å². The fraction of sp³-hybridized carbons (Fsp3) is 0.304. The number of benzene rings is 2. The van der Waals surface area contributed by atoms with E-state index in [4.69, 9.17) is 4.74 Å². The maximum Gasteiger partial charge on any atom is 0.325 e. The molecule has 0 bridgehead atoms. The van der Waals surface area contributed by atoms with Crippen LogP contribution in [0.25, 0.3) is 0 Å². The van der Waals surface area contributed by atoms with Gasteiger partial charge in [0.05, 0.1) is 7.11 Å². The summed E-state index contributed by atoms with van der Waals surface area (Å²) in [5, 5.41) is 5.40. The number of nitrogens with zero attached hydrogens (tertiary/aromatic N) is 2. The van der Waals surface area contributed by atoms with Gasteiger partial charge in [-0.3, -0.25) is 19.3 Å². The van der Waals surface area contributed by atoms with Gasteiger partial charge in [0, 0.05) is 25.3 Å². The van der Waals surface area contributed by atoms with Crippen molar-refractivity contribution in [3.8, 4) is 5.75 Å². The number of carbonyl (C=O) groups is 4. The molecule has 1 aliphatic rings. The highest BCUT2D eigenvalue weighted by atomic mass is 16.5. The number of methoxy groups -OCH3 is 1. The number of carbonyl (C=O) groups excluding carboxylic acids is 4. The molecule has 1 heterocycles. The molecule has 1 atom stereocenters. The molecule has 2 aromatic carbocycles. The van der Waals surface area contributed by atoms with Gasteiger partial charge in [0.1, 0.15) is 17.8 Å². The molecule has 0 spiro atoms. The van der Waals surface area contributed by atoms with Crippen molar-refractivity contribution in [1.82, 2.24) is 15.1 Å². The van der Waals surface area contributed by atoms with Gasteiger partial charge >= 0.3 is 6.03 Å². The van der Waals surface area contributed by atoms with Gasteiger partial charge in [-0.25, -0.2) is 4.79 Å². The number of anilines is 1. The van der Waals surface area contributed by atoms with E-state index in [9.17, 15) is 19.2 Å². The molecular weight excluding hydrogens is 412 g/mol. The van der Waals surface area contributed by atoms with Crippen molar-refractivity contribution in [1.29, 1.82) is 0 Å². The molecule has 0 aliphatic carbocycles. The number of rotatable bonds is 7. The maximum absolute atomic E-state index is 13.2. The number of amides is 5. The lowest BCUT2D eigenvalue weighted by atomic mass is 9.87. The minimum absolute atomic E-state index is 0.156. The number of hydrogen-bond donors (Lipinski definition) is 2. The summed E-state index contributed by atoms with van der Waals surface area (Å²) in [6.07, 6.45) is 0.323. The fourth-order valence-electron chi connectivity index (χ4n) is 3.58. The van der Waals surface area contributed by atoms with Gasteiger partial charge in [-0.05, 0) is 48.4 Å². The molecule has 9 heteroatoms. The molecule has 1 saturated heterocycles. The van der Waals surface area contributed by atoms with E-state index in [1.54, 1.807) is 76.7 Å². The van der Waals surface area contributed by atoms with E-state index in [0.717, 1.165) is 4.90 Å². The third-order valence-corrected chi connectivity index (χ3v) is 5.41. The maximum atomic E-state index is 13.2. The molecule has 0 radical (unpaired) electrons. The molecule has 168 valence electrons. The van der Waals surface area contributed by atoms with E-state index in [1.807, 2.05) is 0 Å². The standard InChI is InChI=1S/C23H26N4O5/c1-5-23(16-8-12-18(32-4)13-9-16)21(30)27(22(31)25-23)14-19(28)24-17-10-6-15(7-11-17)20(29)26(2)3/h6-13H,5,14H2,1-4H3,(H,24,28)(H,25,31)/t23-/m0/s1. The van der Waals surface area contributed by atoms with Gasteiger partial charge in [0.15, 0.2) is 0 Å². The van der Waals surface area contributed by atoms with Crippen molar-refractivity contribution in [2.45, 2.75) is 18.9 Å². The van der Waals surface area contributed by atoms with Crippen molar-refractivity contribution in [3.63, 3.8) is 0 Å². The summed E-state index contributed by atoms with van der Waals surface area (Å²) in [5.74, 6) is -0.540. The first-order chi connectivity index (χ1) is 15.2. The summed E-state index contributed by atoms with van der Waals surface area (Å²) >= 11 is 0. The Morgan fingerprint density at radius 2 is 1.69 bits per heavy atom. The van der Waals surface area contributed by atoms with Crippen molar-refractivity contribution >= 4 is 29.4 Å². The van der Waals surface area contributed by atoms with E-state index in [-0.39, 0.29) is 5.91 Å². The molecule has 32 heavy (non-hydrogen) atoms. The number of nitrogens with one attached hydrogen (secondary N) is 2. The zero-order chi connectivity index (χ0) is 23.5. The van der Waals surface area contributed by atoms with Crippen LogP contribution in [0.5, 0.6) is 5.75 Å². The van der Waals surface area contributed by atoms with Crippen molar-refractivity contribution in [3.05, 3.63) is 59.7 Å². The van der Waals surface area contributed by atoms with Crippen molar-refractivity contribution in [2.75, 3.05) is 33.1 Å². The normalized spacial score (nSPS) is 17.7. The predicted octanol–water partition coefficient (Wildman–Crippen LogP) is 2.19. The average molecular weight is 438 g/mol. The predicted molar refractivity (Wildman–Crippen MR) is 118 cm³/mol. The highest BCUT2D eigenvalue weighted by molar-refractivity contribution is 6.10. The summed E-state index contributed by atoms with van der Waals surface area (Å²) in [4.78, 5) is 52.6. The highest BCUT2D eigenvalue weighted by Crippen LogP contribution is 2.33. The molecule has 5 amide bonds. The Balaban J connectivity index is 1.71. The first-order valence-electron chi connectivity index (χ1n) is 10.1. The Labute approximate surface area is 186 Å². The quantitative estimate of drug-likeness (QED) is 0.645. The van der Waals surface area contributed by atoms with Crippen LogP contribution in [0.1, 0.15) is 29.3 Å². The lowest BCUT2D eigenvalue weighted by Gasteiger charge is -2.26. The van der Waals surface area contributed by atoms with Crippen molar-refractivity contribution < 1.29 is 23.9 Å². The van der Waals surface area contributed by atoms with Crippen LogP contribution in [-0.2, 0) is 15.1 Å². The Bertz CT molecular complexity index is 1030. The summed E-state index contributed by atoms with van der Waals surface area (Å²) in [7, 11) is 4.85. The number of ether oxygens (including phenoxy) is 1. The van der Waals surface area contributed by atoms with Crippen molar-refractivity contribution in [2.24, 2.45) is 0 Å². The van der Waals surface area contributed by atoms with Crippen LogP contribution in [0.4, 0.5) is 10.5 Å². The summed E-state index contributed by atoms with van der Waals surface area (Å²) in [5.41, 5.74) is 0.310. The van der Waals surface area contributed by atoms with Gasteiger partial charge in [0.25, 0.3) is 11.8 Å². The van der Waals surface area contributed by atoms with Gasteiger partial charge in [-0.2, -0.15) is 0 Å². The van der Waals surface area contributed by atoms with E-state index >= 15 is 0 Å². The minimum Gasteiger partial charge on any atom is -0.497 e. The monoisotopic (exact) mass is 438 g/mol. The zero-order valence-corrected chi connectivity index (χ0v) is 18.5. The van der Waals surface area contributed by atoms with Gasteiger partial charge in [-0.15, -0.1) is 0 Å². The molecular formula is C23H26N4O5. The first kappa shape index (κ1) is 22.8. The first-order valence-corrected chi connectivity index (χ1v) is 10.1. The Kier molecular flexibility index (Phi) is 6.47. The van der Waals surface area contributed by atoms with Crippen LogP contribution in [0, 0.1) is 0 Å². The molecule has 0 aromatic heterocycles. The Morgan fingerprint density at radius 1 is 1.06 bits per heavy atom. The minimum atomic E-state index is -1.24. The Hall–Kier alpha value is -3.88. The van der Waals surface area contributed by atoms with Gasteiger partial charge in [0.2, 0.25) is 5.91 Å². The lowest BCUT2D eigenvalue weighted by Crippen LogP contribution is -2.44. The van der Waals surface area contributed by atoms with E-state index in [0.29, 0.717) is 29.0 Å². The molecule has 9 nitrogen and oxygen atoms in total.